The number of hydrogen-bond acceptors (Lipinski definition) is 1. The van der Waals surface area contributed by atoms with Gasteiger partial charge in [-0.25, -0.2) is 0 Å². The molecule has 0 bridgehead atoms. The van der Waals surface area contributed by atoms with Crippen molar-refractivity contribution in [1.82, 2.24) is 0 Å². The molecule has 1 saturated carbocycles. The molecular formula is C56H55N. The van der Waals surface area contributed by atoms with Crippen molar-refractivity contribution in [2.24, 2.45) is 0 Å². The van der Waals surface area contributed by atoms with Crippen molar-refractivity contribution >= 4 is 17.1 Å². The number of rotatable bonds is 11. The molecule has 1 nitrogen and oxygen atoms in total. The highest BCUT2D eigenvalue weighted by Crippen LogP contribution is 2.54. The normalized spacial score (nSPS) is 16.8. The van der Waals surface area contributed by atoms with Crippen molar-refractivity contribution in [3.63, 3.8) is 0 Å². The molecule has 0 saturated heterocycles. The molecule has 0 aromatic heterocycles. The summed E-state index contributed by atoms with van der Waals surface area (Å²) in [7, 11) is 0. The Balaban J connectivity index is 1.15. The highest BCUT2D eigenvalue weighted by atomic mass is 15.1. The first kappa shape index (κ1) is 36.9. The predicted molar refractivity (Wildman–Crippen MR) is 243 cm³/mol. The van der Waals surface area contributed by atoms with Crippen LogP contribution in [0.3, 0.4) is 0 Å². The van der Waals surface area contributed by atoms with Gasteiger partial charge in [0.25, 0.3) is 0 Å². The fourth-order valence-corrected chi connectivity index (χ4v) is 10.1. The fourth-order valence-electron chi connectivity index (χ4n) is 10.1. The molecule has 0 aliphatic heterocycles. The van der Waals surface area contributed by atoms with E-state index in [1.165, 1.54) is 113 Å². The van der Waals surface area contributed by atoms with E-state index >= 15 is 0 Å². The molecule has 2 aliphatic carbocycles. The SMILES string of the molecule is CCCC(CC)c1ccc(-c2ccc(N(c3ccc4c(c3)C(C)(c3ccc(C5CCCCC5)cc3)c3ccccc3-4)c3ccccc3-c3ccccc3)cc2)cc1. The molecule has 9 rings (SSSR count). The maximum atomic E-state index is 2.49. The van der Waals surface area contributed by atoms with E-state index in [4.69, 9.17) is 0 Å². The summed E-state index contributed by atoms with van der Waals surface area (Å²) in [6, 6.07) is 64.2. The first-order valence-electron chi connectivity index (χ1n) is 21.6. The Bertz CT molecular complexity index is 2430. The molecule has 7 aromatic rings. The number of fused-ring (bicyclic) bond motifs is 3. The topological polar surface area (TPSA) is 3.24 Å². The van der Waals surface area contributed by atoms with Gasteiger partial charge in [0.15, 0.2) is 0 Å². The molecule has 0 spiro atoms. The van der Waals surface area contributed by atoms with Crippen LogP contribution in [-0.4, -0.2) is 0 Å². The van der Waals surface area contributed by atoms with Crippen LogP contribution in [0.1, 0.15) is 112 Å². The number of para-hydroxylation sites is 1. The van der Waals surface area contributed by atoms with Crippen LogP contribution in [0.2, 0.25) is 0 Å². The summed E-state index contributed by atoms with van der Waals surface area (Å²) >= 11 is 0. The first-order chi connectivity index (χ1) is 28.1. The Kier molecular flexibility index (Phi) is 10.4. The van der Waals surface area contributed by atoms with Gasteiger partial charge in [-0.15, -0.1) is 0 Å². The van der Waals surface area contributed by atoms with E-state index < -0.39 is 0 Å². The summed E-state index contributed by atoms with van der Waals surface area (Å²) in [4.78, 5) is 2.47. The minimum Gasteiger partial charge on any atom is -0.310 e. The Morgan fingerprint density at radius 1 is 0.544 bits per heavy atom. The van der Waals surface area contributed by atoms with Gasteiger partial charge in [-0.2, -0.15) is 0 Å². The summed E-state index contributed by atoms with van der Waals surface area (Å²) in [5.74, 6) is 1.33. The standard InChI is InChI=1S/C56H55N/c1-4-16-40(5-2)42-25-27-43(28-26-42)45-31-35-48(36-32-45)57(55-24-15-13-21-50(55)46-19-10-7-11-20-46)49-37-38-52-51-22-12-14-23-53(51)56(3,54(52)39-49)47-33-29-44(30-34-47)41-17-8-6-9-18-41/h7,10-15,19-41H,4-6,8-9,16-18H2,1-3H3. The maximum absolute atomic E-state index is 2.49. The second kappa shape index (κ2) is 16.1. The van der Waals surface area contributed by atoms with Gasteiger partial charge in [-0.1, -0.05) is 179 Å². The largest absolute Gasteiger partial charge is 0.310 e. The highest BCUT2D eigenvalue weighted by Gasteiger charge is 2.41. The summed E-state index contributed by atoms with van der Waals surface area (Å²) in [6.45, 7) is 7.05. The van der Waals surface area contributed by atoms with Crippen LogP contribution in [0.5, 0.6) is 0 Å². The Hall–Kier alpha value is -5.66. The van der Waals surface area contributed by atoms with E-state index in [0.29, 0.717) is 11.8 Å². The molecule has 7 aromatic carbocycles. The molecule has 0 heterocycles. The van der Waals surface area contributed by atoms with E-state index in [-0.39, 0.29) is 5.41 Å². The molecule has 1 fully saturated rings. The molecule has 0 radical (unpaired) electrons. The van der Waals surface area contributed by atoms with Gasteiger partial charge in [0.05, 0.1) is 5.69 Å². The third-order valence-electron chi connectivity index (χ3n) is 13.3. The molecule has 284 valence electrons. The van der Waals surface area contributed by atoms with E-state index in [0.717, 1.165) is 17.1 Å². The van der Waals surface area contributed by atoms with Crippen LogP contribution in [0.4, 0.5) is 17.1 Å². The van der Waals surface area contributed by atoms with Crippen molar-refractivity contribution in [2.75, 3.05) is 4.90 Å². The molecule has 0 N–H and O–H groups in total. The van der Waals surface area contributed by atoms with Crippen LogP contribution in [-0.2, 0) is 5.41 Å². The number of anilines is 3. The molecule has 0 amide bonds. The van der Waals surface area contributed by atoms with E-state index in [2.05, 4.69) is 196 Å². The van der Waals surface area contributed by atoms with Crippen molar-refractivity contribution in [3.8, 4) is 33.4 Å². The molecular weight excluding hydrogens is 687 g/mol. The van der Waals surface area contributed by atoms with Crippen LogP contribution < -0.4 is 4.90 Å². The second-order valence-corrected chi connectivity index (χ2v) is 16.6. The predicted octanol–water partition coefficient (Wildman–Crippen LogP) is 16.2. The number of benzene rings is 7. The van der Waals surface area contributed by atoms with E-state index in [1.54, 1.807) is 0 Å². The average molecular weight is 742 g/mol. The zero-order valence-corrected chi connectivity index (χ0v) is 33.9. The lowest BCUT2D eigenvalue weighted by Crippen LogP contribution is -2.23. The first-order valence-corrected chi connectivity index (χ1v) is 21.6. The van der Waals surface area contributed by atoms with Crippen LogP contribution >= 0.6 is 0 Å². The molecule has 1 heteroatoms. The molecule has 2 atom stereocenters. The van der Waals surface area contributed by atoms with Crippen LogP contribution in [0, 0.1) is 0 Å². The van der Waals surface area contributed by atoms with Crippen molar-refractivity contribution in [2.45, 2.75) is 89.4 Å². The van der Waals surface area contributed by atoms with Gasteiger partial charge in [-0.05, 0) is 130 Å². The fraction of sp³-hybridized carbons (Fsp3) is 0.250. The third kappa shape index (κ3) is 6.92. The second-order valence-electron chi connectivity index (χ2n) is 16.6. The van der Waals surface area contributed by atoms with Crippen LogP contribution in [0.15, 0.2) is 170 Å². The lowest BCUT2D eigenvalue weighted by Gasteiger charge is -2.32. The van der Waals surface area contributed by atoms with Crippen LogP contribution in [0.25, 0.3) is 33.4 Å². The van der Waals surface area contributed by atoms with Gasteiger partial charge in [0.1, 0.15) is 0 Å². The minimum absolute atomic E-state index is 0.290. The lowest BCUT2D eigenvalue weighted by atomic mass is 9.73. The zero-order chi connectivity index (χ0) is 38.8. The quantitative estimate of drug-likeness (QED) is 0.128. The molecule has 57 heavy (non-hydrogen) atoms. The van der Waals surface area contributed by atoms with Gasteiger partial charge >= 0.3 is 0 Å². The van der Waals surface area contributed by atoms with E-state index in [1.807, 2.05) is 0 Å². The smallest absolute Gasteiger partial charge is 0.0540 e. The Labute approximate surface area is 341 Å². The van der Waals surface area contributed by atoms with Gasteiger partial charge in [-0.3, -0.25) is 0 Å². The Morgan fingerprint density at radius 2 is 1.16 bits per heavy atom. The number of nitrogens with zero attached hydrogens (tertiary/aromatic N) is 1. The highest BCUT2D eigenvalue weighted by molar-refractivity contribution is 5.91. The van der Waals surface area contributed by atoms with E-state index in [9.17, 15) is 0 Å². The van der Waals surface area contributed by atoms with Crippen molar-refractivity contribution < 1.29 is 0 Å². The average Bonchev–Trinajstić information content (AvgIpc) is 3.54. The summed E-state index contributed by atoms with van der Waals surface area (Å²) in [6.07, 6.45) is 10.4. The monoisotopic (exact) mass is 741 g/mol. The summed E-state index contributed by atoms with van der Waals surface area (Å²) in [5, 5.41) is 0. The zero-order valence-electron chi connectivity index (χ0n) is 33.9. The summed E-state index contributed by atoms with van der Waals surface area (Å²) < 4.78 is 0. The Morgan fingerprint density at radius 3 is 1.86 bits per heavy atom. The lowest BCUT2D eigenvalue weighted by molar-refractivity contribution is 0.443. The molecule has 2 unspecified atom stereocenters. The number of hydrogen-bond donors (Lipinski definition) is 0. The molecule has 2 aliphatic rings. The third-order valence-corrected chi connectivity index (χ3v) is 13.3. The summed E-state index contributed by atoms with van der Waals surface area (Å²) in [5.41, 5.74) is 17.8. The minimum atomic E-state index is -0.290. The maximum Gasteiger partial charge on any atom is 0.0540 e. The van der Waals surface area contributed by atoms with Crippen molar-refractivity contribution in [3.05, 3.63) is 198 Å². The van der Waals surface area contributed by atoms with Gasteiger partial charge in [0, 0.05) is 22.4 Å². The van der Waals surface area contributed by atoms with Gasteiger partial charge < -0.3 is 4.90 Å². The van der Waals surface area contributed by atoms with Gasteiger partial charge in [0.2, 0.25) is 0 Å². The van der Waals surface area contributed by atoms with Crippen molar-refractivity contribution in [1.29, 1.82) is 0 Å².